The third-order valence-electron chi connectivity index (χ3n) is 4.47. The quantitative estimate of drug-likeness (QED) is 0.778. The summed E-state index contributed by atoms with van der Waals surface area (Å²) in [6.07, 6.45) is 8.44. The summed E-state index contributed by atoms with van der Waals surface area (Å²) in [5.41, 5.74) is 2.32. The molecule has 106 valence electrons. The van der Waals surface area contributed by atoms with Crippen LogP contribution in [0.1, 0.15) is 44.1 Å². The number of anilines is 1. The number of nitrogens with one attached hydrogen (secondary N) is 1. The molecule has 2 heteroatoms. The second-order valence-electron chi connectivity index (χ2n) is 6.07. The molecule has 0 spiro atoms. The molecule has 0 bridgehead atoms. The van der Waals surface area contributed by atoms with Crippen molar-refractivity contribution in [2.24, 2.45) is 5.92 Å². The van der Waals surface area contributed by atoms with Gasteiger partial charge in [-0.2, -0.15) is 0 Å². The first-order chi connectivity index (χ1) is 9.83. The predicted octanol–water partition coefficient (Wildman–Crippen LogP) is 4.93. The molecule has 1 saturated carbocycles. The van der Waals surface area contributed by atoms with Gasteiger partial charge in [-0.15, -0.1) is 0 Å². The summed E-state index contributed by atoms with van der Waals surface area (Å²) in [6.45, 7) is 3.18. The maximum atomic E-state index is 4.73. The second kappa shape index (κ2) is 6.25. The molecule has 3 rings (SSSR count). The van der Waals surface area contributed by atoms with Crippen molar-refractivity contribution in [2.45, 2.75) is 45.4 Å². The molecule has 1 aliphatic carbocycles. The minimum atomic E-state index is 0.988. The normalized spacial score (nSPS) is 15.8. The number of hydrogen-bond donors (Lipinski definition) is 1. The Hall–Kier alpha value is -1.57. The fourth-order valence-corrected chi connectivity index (χ4v) is 3.30. The summed E-state index contributed by atoms with van der Waals surface area (Å²) in [7, 11) is 0. The van der Waals surface area contributed by atoms with Gasteiger partial charge < -0.3 is 5.32 Å². The molecule has 0 atom stereocenters. The standard InChI is InChI=1S/C18H24N2/c1-14-13-16-10-4-5-11-17(16)20-18(14)19-12-6-9-15-7-2-3-8-15/h4-5,10-11,13,15H,2-3,6-9,12H2,1H3,(H,19,20). The number of pyridine rings is 1. The number of aryl methyl sites for hydroxylation is 1. The molecule has 1 aromatic heterocycles. The highest BCUT2D eigenvalue weighted by molar-refractivity contribution is 5.81. The Morgan fingerprint density at radius 1 is 1.20 bits per heavy atom. The van der Waals surface area contributed by atoms with Crippen LogP contribution in [0.5, 0.6) is 0 Å². The van der Waals surface area contributed by atoms with Gasteiger partial charge in [0.1, 0.15) is 5.82 Å². The van der Waals surface area contributed by atoms with Gasteiger partial charge in [-0.1, -0.05) is 43.9 Å². The van der Waals surface area contributed by atoms with E-state index in [-0.39, 0.29) is 0 Å². The molecule has 1 aliphatic rings. The highest BCUT2D eigenvalue weighted by Gasteiger charge is 2.14. The van der Waals surface area contributed by atoms with Crippen LogP contribution in [0.3, 0.4) is 0 Å². The van der Waals surface area contributed by atoms with E-state index in [9.17, 15) is 0 Å². The summed E-state index contributed by atoms with van der Waals surface area (Å²) in [6, 6.07) is 10.5. The highest BCUT2D eigenvalue weighted by Crippen LogP contribution is 2.28. The molecule has 0 unspecified atom stereocenters. The van der Waals surface area contributed by atoms with Crippen LogP contribution in [0.25, 0.3) is 10.9 Å². The van der Waals surface area contributed by atoms with Crippen molar-refractivity contribution in [3.63, 3.8) is 0 Å². The Labute approximate surface area is 121 Å². The molecular weight excluding hydrogens is 244 g/mol. The molecule has 0 aliphatic heterocycles. The van der Waals surface area contributed by atoms with Gasteiger partial charge in [0.2, 0.25) is 0 Å². The number of rotatable bonds is 5. The number of fused-ring (bicyclic) bond motifs is 1. The molecule has 1 fully saturated rings. The summed E-state index contributed by atoms with van der Waals surface area (Å²) in [5, 5.41) is 4.74. The van der Waals surface area contributed by atoms with Crippen LogP contribution >= 0.6 is 0 Å². The first kappa shape index (κ1) is 13.4. The summed E-state index contributed by atoms with van der Waals surface area (Å²) in [4.78, 5) is 4.73. The Balaban J connectivity index is 1.57. The van der Waals surface area contributed by atoms with Crippen molar-refractivity contribution in [3.05, 3.63) is 35.9 Å². The Morgan fingerprint density at radius 2 is 2.00 bits per heavy atom. The number of hydrogen-bond acceptors (Lipinski definition) is 2. The molecular formula is C18H24N2. The summed E-state index contributed by atoms with van der Waals surface area (Å²) in [5.74, 6) is 2.04. The van der Waals surface area contributed by atoms with E-state index >= 15 is 0 Å². The zero-order valence-electron chi connectivity index (χ0n) is 12.4. The van der Waals surface area contributed by atoms with E-state index in [1.165, 1.54) is 49.5 Å². The van der Waals surface area contributed by atoms with Gasteiger partial charge in [-0.3, -0.25) is 0 Å². The van der Waals surface area contributed by atoms with Gasteiger partial charge in [0, 0.05) is 11.9 Å². The van der Waals surface area contributed by atoms with Crippen LogP contribution < -0.4 is 5.32 Å². The van der Waals surface area contributed by atoms with Gasteiger partial charge in [-0.05, 0) is 43.4 Å². The maximum Gasteiger partial charge on any atom is 0.129 e. The van der Waals surface area contributed by atoms with Crippen molar-refractivity contribution in [1.82, 2.24) is 4.98 Å². The van der Waals surface area contributed by atoms with Crippen molar-refractivity contribution < 1.29 is 0 Å². The van der Waals surface area contributed by atoms with E-state index in [0.29, 0.717) is 0 Å². The first-order valence-corrected chi connectivity index (χ1v) is 7.93. The molecule has 0 saturated heterocycles. The number of nitrogens with zero attached hydrogens (tertiary/aromatic N) is 1. The third kappa shape index (κ3) is 3.12. The smallest absolute Gasteiger partial charge is 0.129 e. The number of aromatic nitrogens is 1. The fraction of sp³-hybridized carbons (Fsp3) is 0.500. The molecule has 1 N–H and O–H groups in total. The van der Waals surface area contributed by atoms with Gasteiger partial charge >= 0.3 is 0 Å². The lowest BCUT2D eigenvalue weighted by Gasteiger charge is -2.12. The van der Waals surface area contributed by atoms with E-state index in [2.05, 4.69) is 42.6 Å². The zero-order chi connectivity index (χ0) is 13.8. The van der Waals surface area contributed by atoms with Crippen molar-refractivity contribution in [2.75, 3.05) is 11.9 Å². The second-order valence-corrected chi connectivity index (χ2v) is 6.07. The van der Waals surface area contributed by atoms with Crippen LogP contribution in [-0.2, 0) is 0 Å². The average Bonchev–Trinajstić information content (AvgIpc) is 2.97. The van der Waals surface area contributed by atoms with Crippen LogP contribution in [0, 0.1) is 12.8 Å². The van der Waals surface area contributed by atoms with Crippen molar-refractivity contribution in [1.29, 1.82) is 0 Å². The Morgan fingerprint density at radius 3 is 2.85 bits per heavy atom. The molecule has 2 aromatic rings. The third-order valence-corrected chi connectivity index (χ3v) is 4.47. The predicted molar refractivity (Wildman–Crippen MR) is 86.2 cm³/mol. The van der Waals surface area contributed by atoms with Crippen LogP contribution in [0.15, 0.2) is 30.3 Å². The van der Waals surface area contributed by atoms with Crippen molar-refractivity contribution >= 4 is 16.7 Å². The van der Waals surface area contributed by atoms with Gasteiger partial charge in [-0.25, -0.2) is 4.98 Å². The van der Waals surface area contributed by atoms with E-state index in [1.807, 2.05) is 0 Å². The lowest BCUT2D eigenvalue weighted by atomic mass is 10.0. The fourth-order valence-electron chi connectivity index (χ4n) is 3.30. The lowest BCUT2D eigenvalue weighted by molar-refractivity contribution is 0.491. The lowest BCUT2D eigenvalue weighted by Crippen LogP contribution is -2.07. The number of para-hydroxylation sites is 1. The van der Waals surface area contributed by atoms with Crippen LogP contribution in [0.2, 0.25) is 0 Å². The molecule has 1 aromatic carbocycles. The first-order valence-electron chi connectivity index (χ1n) is 7.93. The SMILES string of the molecule is Cc1cc2ccccc2nc1NCCCC1CCCC1. The Bertz CT molecular complexity index is 571. The minimum absolute atomic E-state index is 0.988. The largest absolute Gasteiger partial charge is 0.370 e. The van der Waals surface area contributed by atoms with Gasteiger partial charge in [0.25, 0.3) is 0 Å². The van der Waals surface area contributed by atoms with Gasteiger partial charge in [0.05, 0.1) is 5.52 Å². The summed E-state index contributed by atoms with van der Waals surface area (Å²) >= 11 is 0. The van der Waals surface area contributed by atoms with E-state index in [1.54, 1.807) is 0 Å². The minimum Gasteiger partial charge on any atom is -0.370 e. The zero-order valence-corrected chi connectivity index (χ0v) is 12.4. The maximum absolute atomic E-state index is 4.73. The molecule has 20 heavy (non-hydrogen) atoms. The van der Waals surface area contributed by atoms with Crippen LogP contribution in [-0.4, -0.2) is 11.5 Å². The monoisotopic (exact) mass is 268 g/mol. The topological polar surface area (TPSA) is 24.9 Å². The van der Waals surface area contributed by atoms with E-state index < -0.39 is 0 Å². The average molecular weight is 268 g/mol. The Kier molecular flexibility index (Phi) is 4.19. The van der Waals surface area contributed by atoms with E-state index in [0.717, 1.165) is 23.8 Å². The van der Waals surface area contributed by atoms with Crippen molar-refractivity contribution in [3.8, 4) is 0 Å². The van der Waals surface area contributed by atoms with Gasteiger partial charge in [0.15, 0.2) is 0 Å². The molecule has 0 amide bonds. The molecule has 2 nitrogen and oxygen atoms in total. The van der Waals surface area contributed by atoms with E-state index in [4.69, 9.17) is 4.98 Å². The number of benzene rings is 1. The molecule has 1 heterocycles. The summed E-state index contributed by atoms with van der Waals surface area (Å²) < 4.78 is 0. The highest BCUT2D eigenvalue weighted by atomic mass is 15.0. The van der Waals surface area contributed by atoms with Crippen LogP contribution in [0.4, 0.5) is 5.82 Å². The molecule has 0 radical (unpaired) electrons.